The van der Waals surface area contributed by atoms with Crippen LogP contribution >= 0.6 is 0 Å². The molecule has 17 heavy (non-hydrogen) atoms. The van der Waals surface area contributed by atoms with Crippen LogP contribution in [0.25, 0.3) is 0 Å². The lowest BCUT2D eigenvalue weighted by molar-refractivity contribution is 0.601. The minimum absolute atomic E-state index is 0.000886. The van der Waals surface area contributed by atoms with Crippen molar-refractivity contribution < 1.29 is 8.42 Å². The highest BCUT2D eigenvalue weighted by molar-refractivity contribution is 7.92. The van der Waals surface area contributed by atoms with E-state index in [2.05, 4.69) is 20.0 Å². The van der Waals surface area contributed by atoms with Crippen molar-refractivity contribution >= 4 is 21.5 Å². The lowest BCUT2D eigenvalue weighted by Crippen LogP contribution is -2.14. The van der Waals surface area contributed by atoms with Crippen molar-refractivity contribution in [2.24, 2.45) is 7.05 Å². The second-order valence-corrected chi connectivity index (χ2v) is 5.21. The van der Waals surface area contributed by atoms with E-state index in [1.54, 1.807) is 20.2 Å². The number of nitrogens with two attached hydrogens (primary N) is 1. The Morgan fingerprint density at radius 3 is 2.71 bits per heavy atom. The molecule has 8 nitrogen and oxygen atoms in total. The minimum atomic E-state index is -3.73. The van der Waals surface area contributed by atoms with E-state index < -0.39 is 10.0 Å². The summed E-state index contributed by atoms with van der Waals surface area (Å²) in [7, 11) is -2.03. The number of aromatic amines is 1. The number of nitrogens with one attached hydrogen (secondary N) is 2. The summed E-state index contributed by atoms with van der Waals surface area (Å²) in [5, 5.41) is 9.97. The first-order valence-electron chi connectivity index (χ1n) is 4.72. The molecular formula is C8H12N6O2S. The van der Waals surface area contributed by atoms with Gasteiger partial charge in [-0.15, -0.1) is 0 Å². The second-order valence-electron chi connectivity index (χ2n) is 3.56. The lowest BCUT2D eigenvalue weighted by Gasteiger charge is -2.04. The third kappa shape index (κ3) is 2.09. The molecule has 2 aromatic heterocycles. The molecule has 2 aromatic rings. The van der Waals surface area contributed by atoms with E-state index in [1.165, 1.54) is 4.68 Å². The second kappa shape index (κ2) is 3.77. The van der Waals surface area contributed by atoms with Crippen LogP contribution in [0.15, 0.2) is 17.3 Å². The fraction of sp³-hybridized carbons (Fsp3) is 0.250. The smallest absolute Gasteiger partial charge is 0.267 e. The maximum atomic E-state index is 12.0. The highest BCUT2D eigenvalue weighted by Crippen LogP contribution is 2.20. The van der Waals surface area contributed by atoms with E-state index >= 15 is 0 Å². The SMILES string of the molecule is Cc1nn(C)cc1NS(=O)(=O)c1cn[nH]c1N. The van der Waals surface area contributed by atoms with E-state index in [0.717, 1.165) is 6.20 Å². The summed E-state index contributed by atoms with van der Waals surface area (Å²) in [6.07, 6.45) is 2.73. The molecule has 0 fully saturated rings. The van der Waals surface area contributed by atoms with Crippen molar-refractivity contribution in [2.75, 3.05) is 10.5 Å². The summed E-state index contributed by atoms with van der Waals surface area (Å²) in [5.74, 6) is -0.000886. The van der Waals surface area contributed by atoms with Crippen LogP contribution in [-0.2, 0) is 17.1 Å². The van der Waals surface area contributed by atoms with Gasteiger partial charge in [-0.1, -0.05) is 0 Å². The molecule has 0 radical (unpaired) electrons. The lowest BCUT2D eigenvalue weighted by atomic mass is 10.4. The quantitative estimate of drug-likeness (QED) is 0.704. The summed E-state index contributed by atoms with van der Waals surface area (Å²) in [6, 6.07) is 0. The van der Waals surface area contributed by atoms with Gasteiger partial charge in [-0.05, 0) is 6.92 Å². The van der Waals surface area contributed by atoms with Gasteiger partial charge in [0, 0.05) is 13.2 Å². The van der Waals surface area contributed by atoms with Crippen LogP contribution in [0.1, 0.15) is 5.69 Å². The molecule has 0 saturated heterocycles. The van der Waals surface area contributed by atoms with Gasteiger partial charge in [0.1, 0.15) is 10.7 Å². The maximum Gasteiger partial charge on any atom is 0.267 e. The molecule has 0 spiro atoms. The molecule has 9 heteroatoms. The molecule has 92 valence electrons. The van der Waals surface area contributed by atoms with Gasteiger partial charge >= 0.3 is 0 Å². The van der Waals surface area contributed by atoms with E-state index in [1.807, 2.05) is 0 Å². The number of nitrogen functional groups attached to an aromatic ring is 1. The van der Waals surface area contributed by atoms with Crippen molar-refractivity contribution in [1.29, 1.82) is 0 Å². The maximum absolute atomic E-state index is 12.0. The average Bonchev–Trinajstić information content (AvgIpc) is 2.74. The number of rotatable bonds is 3. The highest BCUT2D eigenvalue weighted by atomic mass is 32.2. The number of sulfonamides is 1. The number of hydrogen-bond donors (Lipinski definition) is 3. The highest BCUT2D eigenvalue weighted by Gasteiger charge is 2.20. The molecule has 2 rings (SSSR count). The van der Waals surface area contributed by atoms with Gasteiger partial charge in [-0.3, -0.25) is 14.5 Å². The fourth-order valence-electron chi connectivity index (χ4n) is 1.40. The molecule has 4 N–H and O–H groups in total. The average molecular weight is 256 g/mol. The normalized spacial score (nSPS) is 11.6. The Hall–Kier alpha value is -2.03. The van der Waals surface area contributed by atoms with E-state index in [-0.39, 0.29) is 10.7 Å². The Balaban J connectivity index is 2.36. The zero-order valence-electron chi connectivity index (χ0n) is 9.30. The van der Waals surface area contributed by atoms with Crippen LogP contribution in [0, 0.1) is 6.92 Å². The molecule has 0 saturated carbocycles. The minimum Gasteiger partial charge on any atom is -0.383 e. The molecule has 0 aliphatic carbocycles. The van der Waals surface area contributed by atoms with E-state index in [0.29, 0.717) is 11.4 Å². The molecule has 0 amide bonds. The number of nitrogens with zero attached hydrogens (tertiary/aromatic N) is 3. The summed E-state index contributed by atoms with van der Waals surface area (Å²) in [5.41, 5.74) is 6.46. The summed E-state index contributed by atoms with van der Waals surface area (Å²) in [4.78, 5) is -0.0826. The van der Waals surface area contributed by atoms with Crippen LogP contribution in [0.2, 0.25) is 0 Å². The predicted molar refractivity (Wildman–Crippen MR) is 61.8 cm³/mol. The number of aromatic nitrogens is 4. The first-order chi connectivity index (χ1) is 7.90. The summed E-state index contributed by atoms with van der Waals surface area (Å²) in [6.45, 7) is 1.70. The van der Waals surface area contributed by atoms with Crippen molar-refractivity contribution in [3.8, 4) is 0 Å². The monoisotopic (exact) mass is 256 g/mol. The Labute approximate surface area is 97.9 Å². The Morgan fingerprint density at radius 2 is 2.24 bits per heavy atom. The van der Waals surface area contributed by atoms with Crippen LogP contribution in [-0.4, -0.2) is 28.4 Å². The van der Waals surface area contributed by atoms with Gasteiger partial charge in [-0.25, -0.2) is 8.42 Å². The van der Waals surface area contributed by atoms with E-state index in [4.69, 9.17) is 5.73 Å². The summed E-state index contributed by atoms with van der Waals surface area (Å²) >= 11 is 0. The zero-order valence-corrected chi connectivity index (χ0v) is 10.1. The van der Waals surface area contributed by atoms with Gasteiger partial charge in [0.15, 0.2) is 0 Å². The predicted octanol–water partition coefficient (Wildman–Crippen LogP) is -0.165. The molecule has 0 aliphatic heterocycles. The Kier molecular flexibility index (Phi) is 2.54. The molecule has 0 aromatic carbocycles. The third-order valence-electron chi connectivity index (χ3n) is 2.18. The Morgan fingerprint density at radius 1 is 1.53 bits per heavy atom. The van der Waals surface area contributed by atoms with Gasteiger partial charge in [-0.2, -0.15) is 10.2 Å². The van der Waals surface area contributed by atoms with Crippen LogP contribution < -0.4 is 10.5 Å². The molecule has 2 heterocycles. The van der Waals surface area contributed by atoms with Crippen LogP contribution in [0.4, 0.5) is 11.5 Å². The standard InChI is InChI=1S/C8H12N6O2S/c1-5-6(4-14(2)12-5)13-17(15,16)7-3-10-11-8(7)9/h3-4,13H,1-2H3,(H3,9,10,11). The van der Waals surface area contributed by atoms with Gasteiger partial charge in [0.25, 0.3) is 10.0 Å². The van der Waals surface area contributed by atoms with Crippen molar-refractivity contribution in [2.45, 2.75) is 11.8 Å². The van der Waals surface area contributed by atoms with Crippen LogP contribution in [0.3, 0.4) is 0 Å². The Bertz CT molecular complexity index is 641. The van der Waals surface area contributed by atoms with Gasteiger partial charge < -0.3 is 5.73 Å². The number of H-pyrrole nitrogens is 1. The first kappa shape index (κ1) is 11.5. The molecule has 0 aliphatic rings. The molecule has 0 bridgehead atoms. The van der Waals surface area contributed by atoms with Crippen LogP contribution in [0.5, 0.6) is 0 Å². The zero-order chi connectivity index (χ0) is 12.6. The number of hydrogen-bond acceptors (Lipinski definition) is 5. The van der Waals surface area contributed by atoms with Crippen molar-refractivity contribution in [3.63, 3.8) is 0 Å². The topological polar surface area (TPSA) is 119 Å². The van der Waals surface area contributed by atoms with Gasteiger partial charge in [0.05, 0.1) is 17.6 Å². The summed E-state index contributed by atoms with van der Waals surface area (Å²) < 4.78 is 27.8. The van der Waals surface area contributed by atoms with Crippen molar-refractivity contribution in [3.05, 3.63) is 18.1 Å². The van der Waals surface area contributed by atoms with Gasteiger partial charge in [0.2, 0.25) is 0 Å². The first-order valence-corrected chi connectivity index (χ1v) is 6.20. The van der Waals surface area contributed by atoms with E-state index in [9.17, 15) is 8.42 Å². The molecule has 0 unspecified atom stereocenters. The number of anilines is 2. The molecule has 0 atom stereocenters. The van der Waals surface area contributed by atoms with Crippen molar-refractivity contribution in [1.82, 2.24) is 20.0 Å². The number of aryl methyl sites for hydroxylation is 2. The third-order valence-corrected chi connectivity index (χ3v) is 3.57. The largest absolute Gasteiger partial charge is 0.383 e. The fourth-order valence-corrected chi connectivity index (χ4v) is 2.53. The molecular weight excluding hydrogens is 244 g/mol.